The molecule has 0 amide bonds. The lowest BCUT2D eigenvalue weighted by atomic mass is 9.69. The number of hydrogen-bond donors (Lipinski definition) is 1. The molecule has 3 nitrogen and oxygen atoms in total. The molecular weight excluding hydrogens is 322 g/mol. The van der Waals surface area contributed by atoms with Gasteiger partial charge in [-0.3, -0.25) is 4.79 Å². The minimum absolute atomic E-state index is 0.0106. The van der Waals surface area contributed by atoms with Crippen LogP contribution in [0.4, 0.5) is 0 Å². The molecule has 0 aromatic rings. The molecule has 0 spiro atoms. The first-order chi connectivity index (χ1) is 12.2. The second kappa shape index (κ2) is 7.81. The van der Waals surface area contributed by atoms with E-state index in [4.69, 9.17) is 4.74 Å². The van der Waals surface area contributed by atoms with Crippen molar-refractivity contribution >= 4 is 5.97 Å². The standard InChI is InChI=1S/C23H41NO2/c1-16-6-10-18(11-7-16)19-12-8-17(9-13-19)15-26-21(25)20-14-22(2,3)24-23(20,4)5/h16-20,24H,6-15H2,1-5H3. The van der Waals surface area contributed by atoms with Crippen LogP contribution in [0.5, 0.6) is 0 Å². The fourth-order valence-corrected chi connectivity index (χ4v) is 6.04. The van der Waals surface area contributed by atoms with Gasteiger partial charge in [0.2, 0.25) is 0 Å². The summed E-state index contributed by atoms with van der Waals surface area (Å²) in [4.78, 5) is 12.7. The van der Waals surface area contributed by atoms with Gasteiger partial charge in [0.25, 0.3) is 0 Å². The number of esters is 1. The van der Waals surface area contributed by atoms with Gasteiger partial charge in [0.05, 0.1) is 12.5 Å². The number of ether oxygens (including phenoxy) is 1. The highest BCUT2D eigenvalue weighted by molar-refractivity contribution is 5.74. The zero-order chi connectivity index (χ0) is 18.9. The first-order valence-electron chi connectivity index (χ1n) is 11.1. The summed E-state index contributed by atoms with van der Waals surface area (Å²) in [5.41, 5.74) is -0.154. The lowest BCUT2D eigenvalue weighted by Gasteiger charge is -2.37. The van der Waals surface area contributed by atoms with Crippen molar-refractivity contribution in [2.75, 3.05) is 6.61 Å². The highest BCUT2D eigenvalue weighted by atomic mass is 16.5. The topological polar surface area (TPSA) is 38.3 Å². The minimum Gasteiger partial charge on any atom is -0.465 e. The van der Waals surface area contributed by atoms with Crippen molar-refractivity contribution in [2.45, 2.75) is 103 Å². The second-order valence-corrected chi connectivity index (χ2v) is 10.9. The number of nitrogens with one attached hydrogen (secondary N) is 1. The molecule has 3 aliphatic rings. The summed E-state index contributed by atoms with van der Waals surface area (Å²) in [5.74, 6) is 3.43. The van der Waals surface area contributed by atoms with Crippen LogP contribution in [0.25, 0.3) is 0 Å². The van der Waals surface area contributed by atoms with Gasteiger partial charge >= 0.3 is 5.97 Å². The van der Waals surface area contributed by atoms with Crippen LogP contribution in [0, 0.1) is 29.6 Å². The Morgan fingerprint density at radius 3 is 1.96 bits per heavy atom. The minimum atomic E-state index is -0.170. The Morgan fingerprint density at radius 1 is 0.923 bits per heavy atom. The molecule has 3 heteroatoms. The van der Waals surface area contributed by atoms with Crippen LogP contribution in [0.15, 0.2) is 0 Å². The Bertz CT molecular complexity index is 482. The number of hydrogen-bond acceptors (Lipinski definition) is 3. The summed E-state index contributed by atoms with van der Waals surface area (Å²) >= 11 is 0. The summed E-state index contributed by atoms with van der Waals surface area (Å²) < 4.78 is 5.81. The van der Waals surface area contributed by atoms with Crippen LogP contribution in [0.2, 0.25) is 0 Å². The molecule has 1 aliphatic heterocycles. The van der Waals surface area contributed by atoms with E-state index in [0.29, 0.717) is 12.5 Å². The molecule has 3 rings (SSSR count). The fourth-order valence-electron chi connectivity index (χ4n) is 6.04. The predicted octanol–water partition coefficient (Wildman–Crippen LogP) is 5.33. The molecule has 0 aromatic carbocycles. The van der Waals surface area contributed by atoms with E-state index in [0.717, 1.165) is 24.2 Å². The van der Waals surface area contributed by atoms with Crippen molar-refractivity contribution in [3.63, 3.8) is 0 Å². The lowest BCUT2D eigenvalue weighted by molar-refractivity contribution is -0.152. The first kappa shape index (κ1) is 20.2. The molecule has 1 unspecified atom stereocenters. The molecule has 2 aliphatic carbocycles. The van der Waals surface area contributed by atoms with E-state index < -0.39 is 0 Å². The van der Waals surface area contributed by atoms with Gasteiger partial charge < -0.3 is 10.1 Å². The van der Waals surface area contributed by atoms with Gasteiger partial charge in [0.15, 0.2) is 0 Å². The molecule has 1 N–H and O–H groups in total. The maximum Gasteiger partial charge on any atom is 0.310 e. The fraction of sp³-hybridized carbons (Fsp3) is 0.957. The monoisotopic (exact) mass is 363 g/mol. The average molecular weight is 364 g/mol. The van der Waals surface area contributed by atoms with Crippen molar-refractivity contribution in [3.05, 3.63) is 0 Å². The van der Waals surface area contributed by atoms with Crippen molar-refractivity contribution < 1.29 is 9.53 Å². The molecule has 1 heterocycles. The second-order valence-electron chi connectivity index (χ2n) is 10.9. The summed E-state index contributed by atoms with van der Waals surface area (Å²) in [6.45, 7) is 11.7. The van der Waals surface area contributed by atoms with Crippen molar-refractivity contribution in [1.29, 1.82) is 0 Å². The molecule has 0 bridgehead atoms. The average Bonchev–Trinajstić information content (AvgIpc) is 2.81. The van der Waals surface area contributed by atoms with Gasteiger partial charge in [0, 0.05) is 11.1 Å². The molecule has 2 saturated carbocycles. The normalized spacial score (nSPS) is 39.5. The van der Waals surface area contributed by atoms with Crippen LogP contribution in [0.1, 0.15) is 92.4 Å². The van der Waals surface area contributed by atoms with Gasteiger partial charge in [-0.1, -0.05) is 19.8 Å². The number of rotatable bonds is 4. The molecule has 0 radical (unpaired) electrons. The van der Waals surface area contributed by atoms with Gasteiger partial charge in [0.1, 0.15) is 0 Å². The highest BCUT2D eigenvalue weighted by Gasteiger charge is 2.48. The molecule has 0 aromatic heterocycles. The third-order valence-corrected chi connectivity index (χ3v) is 7.61. The van der Waals surface area contributed by atoms with Crippen molar-refractivity contribution in [1.82, 2.24) is 5.32 Å². The smallest absolute Gasteiger partial charge is 0.310 e. The van der Waals surface area contributed by atoms with Crippen LogP contribution < -0.4 is 5.32 Å². The van der Waals surface area contributed by atoms with Gasteiger partial charge in [-0.15, -0.1) is 0 Å². The Morgan fingerprint density at radius 2 is 1.46 bits per heavy atom. The van der Waals surface area contributed by atoms with E-state index in [1.165, 1.54) is 51.4 Å². The zero-order valence-corrected chi connectivity index (χ0v) is 17.8. The first-order valence-corrected chi connectivity index (χ1v) is 11.1. The molecule has 1 atom stereocenters. The molecule has 3 fully saturated rings. The van der Waals surface area contributed by atoms with Crippen LogP contribution in [-0.2, 0) is 9.53 Å². The Balaban J connectivity index is 1.40. The van der Waals surface area contributed by atoms with E-state index in [1.54, 1.807) is 0 Å². The van der Waals surface area contributed by atoms with Crippen LogP contribution in [0.3, 0.4) is 0 Å². The summed E-state index contributed by atoms with van der Waals surface area (Å²) in [5, 5.41) is 3.58. The molecule has 26 heavy (non-hydrogen) atoms. The van der Waals surface area contributed by atoms with E-state index in [9.17, 15) is 4.79 Å². The maximum atomic E-state index is 12.7. The highest BCUT2D eigenvalue weighted by Crippen LogP contribution is 2.41. The number of carbonyl (C=O) groups excluding carboxylic acids is 1. The quantitative estimate of drug-likeness (QED) is 0.686. The van der Waals surface area contributed by atoms with Crippen molar-refractivity contribution in [2.24, 2.45) is 29.6 Å². The zero-order valence-electron chi connectivity index (χ0n) is 17.8. The summed E-state index contributed by atoms with van der Waals surface area (Å²) in [6.07, 6.45) is 11.8. The molecule has 150 valence electrons. The summed E-state index contributed by atoms with van der Waals surface area (Å²) in [6, 6.07) is 0. The van der Waals surface area contributed by atoms with E-state index >= 15 is 0 Å². The summed E-state index contributed by atoms with van der Waals surface area (Å²) in [7, 11) is 0. The van der Waals surface area contributed by atoms with Gasteiger partial charge in [-0.2, -0.15) is 0 Å². The molecular formula is C23H41NO2. The largest absolute Gasteiger partial charge is 0.465 e. The van der Waals surface area contributed by atoms with Crippen molar-refractivity contribution in [3.8, 4) is 0 Å². The molecule has 1 saturated heterocycles. The van der Waals surface area contributed by atoms with E-state index in [1.807, 2.05) is 0 Å². The van der Waals surface area contributed by atoms with Gasteiger partial charge in [-0.25, -0.2) is 0 Å². The third kappa shape index (κ3) is 4.82. The van der Waals surface area contributed by atoms with E-state index in [-0.39, 0.29) is 23.0 Å². The Kier molecular flexibility index (Phi) is 6.06. The Hall–Kier alpha value is -0.570. The van der Waals surface area contributed by atoms with Crippen LogP contribution >= 0.6 is 0 Å². The Labute approximate surface area is 161 Å². The predicted molar refractivity (Wildman–Crippen MR) is 107 cm³/mol. The number of carbonyl (C=O) groups is 1. The lowest BCUT2D eigenvalue weighted by Crippen LogP contribution is -2.46. The van der Waals surface area contributed by atoms with E-state index in [2.05, 4.69) is 39.9 Å². The third-order valence-electron chi connectivity index (χ3n) is 7.61. The van der Waals surface area contributed by atoms with Crippen LogP contribution in [-0.4, -0.2) is 23.7 Å². The SMILES string of the molecule is CC1CCC(C2CCC(COC(=O)C3CC(C)(C)NC3(C)C)CC2)CC1. The van der Waals surface area contributed by atoms with Gasteiger partial charge in [-0.05, 0) is 96.3 Å². The maximum absolute atomic E-state index is 12.7.